The second-order valence-corrected chi connectivity index (χ2v) is 14.5. The van der Waals surface area contributed by atoms with E-state index in [9.17, 15) is 9.90 Å². The molecule has 0 aliphatic carbocycles. The number of nitrogens with zero attached hydrogens (tertiary/aromatic N) is 1. The molecule has 51 heavy (non-hydrogen) atoms. The Labute approximate surface area is 319 Å². The summed E-state index contributed by atoms with van der Waals surface area (Å²) >= 11 is 0. The Morgan fingerprint density at radius 2 is 0.824 bits per heavy atom. The van der Waals surface area contributed by atoms with Crippen molar-refractivity contribution in [2.75, 3.05) is 46.1 Å². The summed E-state index contributed by atoms with van der Waals surface area (Å²) in [6.45, 7) is 15.3. The molecule has 0 saturated heterocycles. The van der Waals surface area contributed by atoms with E-state index in [1.54, 1.807) is 0 Å². The van der Waals surface area contributed by atoms with Crippen LogP contribution in [0.5, 0.6) is 0 Å². The number of ketones is 1. The maximum Gasteiger partial charge on any atom is 0.142 e. The summed E-state index contributed by atoms with van der Waals surface area (Å²) in [6, 6.07) is 0. The van der Waals surface area contributed by atoms with Crippen molar-refractivity contribution in [1.29, 1.82) is 0 Å². The zero-order valence-corrected chi connectivity index (χ0v) is 34.8. The fraction of sp³-hybridized carbons (Fsp3) is 0.911. The van der Waals surface area contributed by atoms with E-state index >= 15 is 0 Å². The number of carbonyl (C=O) groups excluding carboxylic acids is 2. The van der Waals surface area contributed by atoms with Gasteiger partial charge in [-0.25, -0.2) is 0 Å². The van der Waals surface area contributed by atoms with Crippen molar-refractivity contribution in [2.45, 2.75) is 220 Å². The van der Waals surface area contributed by atoms with Crippen molar-refractivity contribution >= 4 is 12.1 Å². The third-order valence-corrected chi connectivity index (χ3v) is 9.42. The van der Waals surface area contributed by atoms with Gasteiger partial charge in [-0.15, -0.1) is 0 Å². The molecule has 306 valence electrons. The summed E-state index contributed by atoms with van der Waals surface area (Å²) in [7, 11) is 0. The lowest BCUT2D eigenvalue weighted by Gasteiger charge is -2.21. The highest BCUT2D eigenvalue weighted by atomic mass is 16.5. The van der Waals surface area contributed by atoms with Gasteiger partial charge in [-0.2, -0.15) is 0 Å². The monoisotopic (exact) mass is 726 g/mol. The molecule has 0 aromatic carbocycles. The minimum atomic E-state index is 0.257. The van der Waals surface area contributed by atoms with Crippen LogP contribution >= 0.6 is 0 Å². The first-order valence-corrected chi connectivity index (χ1v) is 22.2. The number of Topliss-reactive ketones (excluding diaryl/α,β-unsaturated/α-hetero) is 1. The molecule has 0 fully saturated rings. The Hall–Kier alpha value is -1.08. The summed E-state index contributed by atoms with van der Waals surface area (Å²) < 4.78 is 5.81. The molecule has 2 N–H and O–H groups in total. The van der Waals surface area contributed by atoms with E-state index in [2.05, 4.69) is 32.3 Å². The van der Waals surface area contributed by atoms with Crippen LogP contribution in [0, 0.1) is 0 Å². The van der Waals surface area contributed by atoms with E-state index in [1.165, 1.54) is 173 Å². The lowest BCUT2D eigenvalue weighted by atomic mass is 10.0. The first kappa shape index (κ1) is 54.3. The van der Waals surface area contributed by atoms with Crippen molar-refractivity contribution in [3.05, 3.63) is 12.7 Å². The molecule has 0 saturated carbocycles. The number of aldehydes is 1. The van der Waals surface area contributed by atoms with Gasteiger partial charge in [-0.05, 0) is 64.1 Å². The fourth-order valence-corrected chi connectivity index (χ4v) is 6.12. The van der Waals surface area contributed by atoms with Crippen LogP contribution in [0.2, 0.25) is 0 Å². The number of rotatable bonds is 40. The molecule has 0 radical (unpaired) electrons. The van der Waals surface area contributed by atoms with Crippen LogP contribution in [-0.4, -0.2) is 73.2 Å². The van der Waals surface area contributed by atoms with E-state index in [4.69, 9.17) is 14.6 Å². The van der Waals surface area contributed by atoms with E-state index in [0.717, 1.165) is 65.0 Å². The molecule has 0 rings (SSSR count). The SMILES string of the molecule is C=CC=O.CCCCCCCCCO.CCCCCCCCCOCCCCCCN(CCO)CCCCCCCC(=O)CCCCCCCC. The predicted octanol–water partition coefficient (Wildman–Crippen LogP) is 12.4. The van der Waals surface area contributed by atoms with Crippen molar-refractivity contribution in [3.63, 3.8) is 0 Å². The second-order valence-electron chi connectivity index (χ2n) is 14.5. The smallest absolute Gasteiger partial charge is 0.142 e. The van der Waals surface area contributed by atoms with E-state index in [0.29, 0.717) is 18.7 Å². The van der Waals surface area contributed by atoms with Crippen LogP contribution in [0.4, 0.5) is 0 Å². The van der Waals surface area contributed by atoms with Crippen LogP contribution in [-0.2, 0) is 14.3 Å². The molecule has 0 heterocycles. The average molecular weight is 726 g/mol. The zero-order chi connectivity index (χ0) is 38.1. The average Bonchev–Trinajstić information content (AvgIpc) is 3.14. The number of carbonyl (C=O) groups is 2. The molecule has 6 nitrogen and oxygen atoms in total. The summed E-state index contributed by atoms with van der Waals surface area (Å²) in [4.78, 5) is 23.5. The maximum absolute atomic E-state index is 12.0. The molecular formula is C45H91NO5. The van der Waals surface area contributed by atoms with Gasteiger partial charge in [0, 0.05) is 39.2 Å². The second kappa shape index (κ2) is 53.3. The van der Waals surface area contributed by atoms with Gasteiger partial charge in [-0.3, -0.25) is 9.59 Å². The highest BCUT2D eigenvalue weighted by molar-refractivity contribution is 5.78. The first-order valence-electron chi connectivity index (χ1n) is 22.2. The number of ether oxygens (including phenoxy) is 1. The third kappa shape index (κ3) is 55.8. The molecule has 0 spiro atoms. The highest BCUT2D eigenvalue weighted by Gasteiger charge is 2.05. The number of hydrogen-bond donors (Lipinski definition) is 2. The van der Waals surface area contributed by atoms with Crippen LogP contribution in [0.25, 0.3) is 0 Å². The predicted molar refractivity (Wildman–Crippen MR) is 223 cm³/mol. The largest absolute Gasteiger partial charge is 0.396 e. The van der Waals surface area contributed by atoms with E-state index in [-0.39, 0.29) is 6.61 Å². The van der Waals surface area contributed by atoms with Gasteiger partial charge in [0.05, 0.1) is 6.61 Å². The molecule has 0 amide bonds. The Bertz CT molecular complexity index is 630. The Balaban J connectivity index is -0.00000137. The van der Waals surface area contributed by atoms with E-state index < -0.39 is 0 Å². The lowest BCUT2D eigenvalue weighted by molar-refractivity contribution is -0.119. The van der Waals surface area contributed by atoms with Gasteiger partial charge < -0.3 is 19.8 Å². The van der Waals surface area contributed by atoms with Gasteiger partial charge in [-0.1, -0.05) is 169 Å². The normalized spacial score (nSPS) is 10.8. The number of hydrogen-bond acceptors (Lipinski definition) is 6. The van der Waals surface area contributed by atoms with Crippen molar-refractivity contribution in [2.24, 2.45) is 0 Å². The fourth-order valence-electron chi connectivity index (χ4n) is 6.12. The standard InChI is InChI=1S/C33H67NO3.C9H20O.C3H4O/c1-3-5-7-9-11-17-23-31-37-32-24-18-16-22-28-34(29-30-35)27-21-15-12-14-20-26-33(36)25-19-13-10-8-6-4-2;1-2-3-4-5-6-7-8-9-10;1-2-3-4/h35H,3-32H2,1-2H3;10H,2-9H2,1H3;2-3H,1H2. The van der Waals surface area contributed by atoms with Gasteiger partial charge >= 0.3 is 0 Å². The number of aliphatic hydroxyl groups excluding tert-OH is 2. The molecule has 0 aromatic rings. The quantitative estimate of drug-likeness (QED) is 0.0371. The summed E-state index contributed by atoms with van der Waals surface area (Å²) in [6.07, 6.45) is 40.2. The Morgan fingerprint density at radius 1 is 0.490 bits per heavy atom. The summed E-state index contributed by atoms with van der Waals surface area (Å²) in [5, 5.41) is 17.9. The van der Waals surface area contributed by atoms with Crippen LogP contribution in [0.1, 0.15) is 220 Å². The van der Waals surface area contributed by atoms with Gasteiger partial charge in [0.1, 0.15) is 12.1 Å². The molecule has 6 heteroatoms. The topological polar surface area (TPSA) is 87.1 Å². The first-order chi connectivity index (χ1) is 25.1. The highest BCUT2D eigenvalue weighted by Crippen LogP contribution is 2.12. The molecule has 0 bridgehead atoms. The van der Waals surface area contributed by atoms with Crippen molar-refractivity contribution in [1.82, 2.24) is 4.90 Å². The Morgan fingerprint density at radius 3 is 1.18 bits per heavy atom. The van der Waals surface area contributed by atoms with Crippen molar-refractivity contribution < 1.29 is 24.5 Å². The minimum Gasteiger partial charge on any atom is -0.396 e. The van der Waals surface area contributed by atoms with Gasteiger partial charge in [0.25, 0.3) is 0 Å². The Kier molecular flexibility index (Phi) is 56.7. The number of unbranched alkanes of at least 4 members (excludes halogenated alkanes) is 24. The molecular weight excluding hydrogens is 634 g/mol. The van der Waals surface area contributed by atoms with Crippen molar-refractivity contribution in [3.8, 4) is 0 Å². The number of aliphatic hydroxyl groups is 2. The maximum atomic E-state index is 12.0. The molecule has 0 unspecified atom stereocenters. The molecule has 0 aliphatic heterocycles. The van der Waals surface area contributed by atoms with E-state index in [1.807, 2.05) is 0 Å². The number of allylic oxidation sites excluding steroid dienone is 1. The molecule has 0 atom stereocenters. The molecule has 0 aliphatic rings. The van der Waals surface area contributed by atoms with Gasteiger partial charge in [0.2, 0.25) is 0 Å². The summed E-state index contributed by atoms with van der Waals surface area (Å²) in [5.41, 5.74) is 0. The third-order valence-electron chi connectivity index (χ3n) is 9.42. The lowest BCUT2D eigenvalue weighted by Crippen LogP contribution is -2.29. The van der Waals surface area contributed by atoms with Crippen LogP contribution < -0.4 is 0 Å². The minimum absolute atomic E-state index is 0.257. The van der Waals surface area contributed by atoms with Crippen LogP contribution in [0.15, 0.2) is 12.7 Å². The van der Waals surface area contributed by atoms with Crippen LogP contribution in [0.3, 0.4) is 0 Å². The zero-order valence-electron chi connectivity index (χ0n) is 34.8. The summed E-state index contributed by atoms with van der Waals surface area (Å²) in [5.74, 6) is 0.476. The van der Waals surface area contributed by atoms with Gasteiger partial charge in [0.15, 0.2) is 0 Å². The molecule has 0 aromatic heterocycles.